The molecule has 0 amide bonds. The third-order valence-electron chi connectivity index (χ3n) is 3.99. The van der Waals surface area contributed by atoms with Gasteiger partial charge in [0.25, 0.3) is 0 Å². The molecule has 2 N–H and O–H groups in total. The van der Waals surface area contributed by atoms with E-state index in [4.69, 9.17) is 12.2 Å². The molecule has 2 aromatic heterocycles. The number of benzene rings is 1. The highest BCUT2D eigenvalue weighted by Crippen LogP contribution is 2.14. The fraction of sp³-hybridized carbons (Fsp3) is 0.400. The monoisotopic (exact) mass is 332 g/mol. The molecule has 0 saturated heterocycles. The van der Waals surface area contributed by atoms with Gasteiger partial charge in [-0.3, -0.25) is 14.2 Å². The fourth-order valence-electron chi connectivity index (χ4n) is 2.72. The molecule has 0 bridgehead atoms. The molecule has 0 saturated carbocycles. The predicted molar refractivity (Wildman–Crippen MR) is 92.6 cm³/mol. The Balaban J connectivity index is 1.88. The zero-order valence-corrected chi connectivity index (χ0v) is 14.3. The molecule has 0 fully saturated rings. The van der Waals surface area contributed by atoms with Crippen molar-refractivity contribution in [2.24, 2.45) is 14.1 Å². The normalized spacial score (nSPS) is 11.3. The topological polar surface area (TPSA) is 72.6 Å². The first kappa shape index (κ1) is 15.5. The molecule has 0 unspecified atom stereocenters. The van der Waals surface area contributed by atoms with Crippen molar-refractivity contribution in [3.8, 4) is 0 Å². The van der Waals surface area contributed by atoms with Gasteiger partial charge >= 0.3 is 5.69 Å². The molecule has 7 nitrogen and oxygen atoms in total. The molecule has 3 aromatic rings. The Morgan fingerprint density at radius 2 is 2.00 bits per heavy atom. The Bertz CT molecular complexity index is 961. The van der Waals surface area contributed by atoms with Gasteiger partial charge in [0, 0.05) is 20.5 Å². The molecule has 0 spiro atoms. The highest BCUT2D eigenvalue weighted by molar-refractivity contribution is 7.71. The summed E-state index contributed by atoms with van der Waals surface area (Å²) in [6.07, 6.45) is 1.85. The van der Waals surface area contributed by atoms with Gasteiger partial charge in [0.05, 0.1) is 17.6 Å². The lowest BCUT2D eigenvalue weighted by molar-refractivity contribution is 0.731. The standard InChI is InChI=1S/C15H20N6OS/c1-4-5-13-17-18-14(23)21(13)16-9-10-6-7-11-12(8-10)20(3)15(22)19(11)2/h6-8,16H,4-5,9H2,1-3H3,(H,18,23). The minimum Gasteiger partial charge on any atom is -0.318 e. The van der Waals surface area contributed by atoms with Crippen LogP contribution in [-0.2, 0) is 27.1 Å². The Morgan fingerprint density at radius 1 is 1.26 bits per heavy atom. The summed E-state index contributed by atoms with van der Waals surface area (Å²) in [6.45, 7) is 2.70. The van der Waals surface area contributed by atoms with Crippen LogP contribution in [0.1, 0.15) is 24.7 Å². The Labute approximate surface area is 138 Å². The van der Waals surface area contributed by atoms with Gasteiger partial charge in [-0.05, 0) is 36.3 Å². The van der Waals surface area contributed by atoms with Crippen molar-refractivity contribution in [1.82, 2.24) is 24.0 Å². The maximum Gasteiger partial charge on any atom is 0.328 e. The van der Waals surface area contributed by atoms with Gasteiger partial charge in [-0.1, -0.05) is 13.0 Å². The highest BCUT2D eigenvalue weighted by atomic mass is 32.1. The number of nitrogens with zero attached hydrogens (tertiary/aromatic N) is 4. The molecule has 0 aliphatic carbocycles. The van der Waals surface area contributed by atoms with E-state index in [1.165, 1.54) is 0 Å². The summed E-state index contributed by atoms with van der Waals surface area (Å²) < 4.78 is 5.68. The molecule has 2 heterocycles. The summed E-state index contributed by atoms with van der Waals surface area (Å²) >= 11 is 5.25. The number of H-pyrrole nitrogens is 1. The van der Waals surface area contributed by atoms with Crippen molar-refractivity contribution in [3.63, 3.8) is 0 Å². The number of rotatable bonds is 5. The van der Waals surface area contributed by atoms with Gasteiger partial charge in [-0.2, -0.15) is 5.10 Å². The molecule has 23 heavy (non-hydrogen) atoms. The van der Waals surface area contributed by atoms with Crippen molar-refractivity contribution >= 4 is 23.3 Å². The second-order valence-electron chi connectivity index (χ2n) is 5.59. The van der Waals surface area contributed by atoms with E-state index < -0.39 is 0 Å². The van der Waals surface area contributed by atoms with Gasteiger partial charge in [0.1, 0.15) is 0 Å². The number of nitrogens with one attached hydrogen (secondary N) is 2. The molecule has 1 aromatic carbocycles. The SMILES string of the molecule is CCCc1n[nH]c(=S)n1NCc1ccc2c(c1)n(C)c(=O)n2C. The van der Waals surface area contributed by atoms with Gasteiger partial charge in [0.15, 0.2) is 5.82 Å². The van der Waals surface area contributed by atoms with E-state index >= 15 is 0 Å². The van der Waals surface area contributed by atoms with Crippen LogP contribution in [0, 0.1) is 4.77 Å². The van der Waals surface area contributed by atoms with Crippen molar-refractivity contribution < 1.29 is 0 Å². The molecule has 8 heteroatoms. The molecule has 0 atom stereocenters. The van der Waals surface area contributed by atoms with Crippen LogP contribution in [0.3, 0.4) is 0 Å². The van der Waals surface area contributed by atoms with Crippen molar-refractivity contribution in [3.05, 3.63) is 44.8 Å². The van der Waals surface area contributed by atoms with E-state index in [1.54, 1.807) is 23.2 Å². The van der Waals surface area contributed by atoms with Gasteiger partial charge < -0.3 is 5.43 Å². The number of aromatic nitrogens is 5. The molecular weight excluding hydrogens is 312 g/mol. The third-order valence-corrected chi connectivity index (χ3v) is 4.27. The van der Waals surface area contributed by atoms with E-state index in [0.29, 0.717) is 11.3 Å². The van der Waals surface area contributed by atoms with E-state index in [0.717, 1.165) is 35.3 Å². The largest absolute Gasteiger partial charge is 0.328 e. The molecule has 3 rings (SSSR count). The van der Waals surface area contributed by atoms with Crippen LogP contribution in [-0.4, -0.2) is 24.0 Å². The van der Waals surface area contributed by atoms with E-state index in [1.807, 2.05) is 22.9 Å². The lowest BCUT2D eigenvalue weighted by Crippen LogP contribution is -2.19. The zero-order chi connectivity index (χ0) is 16.6. The second-order valence-corrected chi connectivity index (χ2v) is 5.98. The summed E-state index contributed by atoms with van der Waals surface area (Å²) in [4.78, 5) is 12.0. The molecule has 0 aliphatic heterocycles. The molecule has 122 valence electrons. The maximum absolute atomic E-state index is 12.0. The van der Waals surface area contributed by atoms with E-state index in [9.17, 15) is 4.79 Å². The summed E-state index contributed by atoms with van der Waals surface area (Å²) in [5.41, 5.74) is 6.19. The van der Waals surface area contributed by atoms with Crippen molar-refractivity contribution in [2.75, 3.05) is 5.43 Å². The van der Waals surface area contributed by atoms with Crippen LogP contribution in [0.2, 0.25) is 0 Å². The van der Waals surface area contributed by atoms with Crippen molar-refractivity contribution in [1.29, 1.82) is 0 Å². The first-order valence-corrected chi connectivity index (χ1v) is 7.98. The first-order valence-electron chi connectivity index (χ1n) is 7.57. The van der Waals surface area contributed by atoms with Crippen LogP contribution in [0.15, 0.2) is 23.0 Å². The third kappa shape index (κ3) is 2.70. The lowest BCUT2D eigenvalue weighted by atomic mass is 10.2. The van der Waals surface area contributed by atoms with Gasteiger partial charge in [-0.15, -0.1) is 0 Å². The zero-order valence-electron chi connectivity index (χ0n) is 13.5. The summed E-state index contributed by atoms with van der Waals surface area (Å²) in [6, 6.07) is 6.00. The summed E-state index contributed by atoms with van der Waals surface area (Å²) in [5.74, 6) is 0.894. The average Bonchev–Trinajstić information content (AvgIpc) is 3.00. The minimum absolute atomic E-state index is 0.0209. The van der Waals surface area contributed by atoms with E-state index in [-0.39, 0.29) is 5.69 Å². The summed E-state index contributed by atoms with van der Waals surface area (Å²) in [5, 5.41) is 7.04. The highest BCUT2D eigenvalue weighted by Gasteiger charge is 2.09. The van der Waals surface area contributed by atoms with Crippen LogP contribution in [0.5, 0.6) is 0 Å². The van der Waals surface area contributed by atoms with E-state index in [2.05, 4.69) is 22.5 Å². The van der Waals surface area contributed by atoms with Gasteiger partial charge in [-0.25, -0.2) is 9.47 Å². The van der Waals surface area contributed by atoms with Crippen LogP contribution < -0.4 is 11.1 Å². The van der Waals surface area contributed by atoms with Crippen molar-refractivity contribution in [2.45, 2.75) is 26.3 Å². The molecule has 0 aliphatic rings. The lowest BCUT2D eigenvalue weighted by Gasteiger charge is -2.10. The molecular formula is C15H20N6OS. The maximum atomic E-state index is 12.0. The Kier molecular flexibility index (Phi) is 4.08. The number of fused-ring (bicyclic) bond motifs is 1. The summed E-state index contributed by atoms with van der Waals surface area (Å²) in [7, 11) is 3.57. The number of imidazole rings is 1. The number of aryl methyl sites for hydroxylation is 3. The Morgan fingerprint density at radius 3 is 2.74 bits per heavy atom. The number of hydrogen-bond acceptors (Lipinski definition) is 4. The van der Waals surface area contributed by atoms with Crippen LogP contribution in [0.4, 0.5) is 0 Å². The number of hydrogen-bond donors (Lipinski definition) is 2. The fourth-order valence-corrected chi connectivity index (χ4v) is 2.93. The average molecular weight is 332 g/mol. The Hall–Kier alpha value is -2.35. The first-order chi connectivity index (χ1) is 11.0. The minimum atomic E-state index is -0.0209. The number of aromatic amines is 1. The van der Waals surface area contributed by atoms with Gasteiger partial charge in [0.2, 0.25) is 4.77 Å². The second kappa shape index (κ2) is 6.04. The molecule has 0 radical (unpaired) electrons. The quantitative estimate of drug-likeness (QED) is 0.699. The van der Waals surface area contributed by atoms with Crippen LogP contribution >= 0.6 is 12.2 Å². The predicted octanol–water partition coefficient (Wildman–Crippen LogP) is 1.83. The van der Waals surface area contributed by atoms with Crippen LogP contribution in [0.25, 0.3) is 11.0 Å². The smallest absolute Gasteiger partial charge is 0.318 e.